The summed E-state index contributed by atoms with van der Waals surface area (Å²) in [6.45, 7) is 0.491. The van der Waals surface area contributed by atoms with Crippen molar-refractivity contribution in [2.45, 2.75) is 12.5 Å². The summed E-state index contributed by atoms with van der Waals surface area (Å²) in [5.41, 5.74) is 0.873. The van der Waals surface area contributed by atoms with E-state index in [4.69, 9.17) is 4.74 Å². The minimum Gasteiger partial charge on any atom is -0.481 e. The number of aliphatic carboxylic acids is 1. The molecule has 0 radical (unpaired) electrons. The second kappa shape index (κ2) is 4.38. The summed E-state index contributed by atoms with van der Waals surface area (Å²) in [6, 6.07) is 7.83. The van der Waals surface area contributed by atoms with Crippen LogP contribution in [0.5, 0.6) is 0 Å². The highest BCUT2D eigenvalue weighted by molar-refractivity contribution is 5.85. The third kappa shape index (κ3) is 1.75. The average molecular weight is 243 g/mol. The summed E-state index contributed by atoms with van der Waals surface area (Å²) in [5.74, 6) is -1.27. The maximum absolute atomic E-state index is 11.2. The number of nitrogens with zero attached hydrogens (tertiary/aromatic N) is 1. The first-order chi connectivity index (χ1) is 8.77. The Morgan fingerprint density at radius 3 is 3.00 bits per heavy atom. The molecule has 1 aromatic heterocycles. The van der Waals surface area contributed by atoms with E-state index < -0.39 is 11.9 Å². The second-order valence-electron chi connectivity index (χ2n) is 4.47. The fraction of sp³-hybridized carbons (Fsp3) is 0.286. The predicted octanol–water partition coefficient (Wildman–Crippen LogP) is 2.40. The molecule has 92 valence electrons. The molecule has 1 aromatic carbocycles. The number of pyridine rings is 1. The third-order valence-electron chi connectivity index (χ3n) is 3.41. The molecule has 1 N–H and O–H groups in total. The number of carbonyl (C=O) groups is 1. The summed E-state index contributed by atoms with van der Waals surface area (Å²) >= 11 is 0. The van der Waals surface area contributed by atoms with Crippen LogP contribution >= 0.6 is 0 Å². The quantitative estimate of drug-likeness (QED) is 0.879. The smallest absolute Gasteiger partial charge is 0.309 e. The highest BCUT2D eigenvalue weighted by Crippen LogP contribution is 2.37. The molecule has 1 fully saturated rings. The van der Waals surface area contributed by atoms with Crippen molar-refractivity contribution >= 4 is 16.7 Å². The summed E-state index contributed by atoms with van der Waals surface area (Å²) in [4.78, 5) is 15.4. The standard InChI is InChI=1S/C14H13NO3/c16-14(17)11-5-6-18-13(11)12-8-15-7-9-3-1-2-4-10(9)12/h1-4,7-8,11,13H,5-6H2,(H,16,17). The molecule has 0 bridgehead atoms. The van der Waals surface area contributed by atoms with Gasteiger partial charge in [0.05, 0.1) is 12.0 Å². The van der Waals surface area contributed by atoms with Crippen LogP contribution in [0.15, 0.2) is 36.7 Å². The molecular formula is C14H13NO3. The van der Waals surface area contributed by atoms with E-state index in [0.29, 0.717) is 13.0 Å². The molecular weight excluding hydrogens is 230 g/mol. The van der Waals surface area contributed by atoms with Gasteiger partial charge in [-0.25, -0.2) is 0 Å². The molecule has 0 aliphatic carbocycles. The molecule has 1 aliphatic rings. The van der Waals surface area contributed by atoms with Crippen LogP contribution < -0.4 is 0 Å². The molecule has 3 rings (SSSR count). The van der Waals surface area contributed by atoms with Crippen LogP contribution in [0, 0.1) is 5.92 Å². The van der Waals surface area contributed by atoms with Gasteiger partial charge in [-0.15, -0.1) is 0 Å². The summed E-state index contributed by atoms with van der Waals surface area (Å²) in [5, 5.41) is 11.2. The van der Waals surface area contributed by atoms with Crippen molar-refractivity contribution in [3.8, 4) is 0 Å². The largest absolute Gasteiger partial charge is 0.481 e. The number of carboxylic acids is 1. The number of ether oxygens (including phenoxy) is 1. The number of benzene rings is 1. The molecule has 0 saturated carbocycles. The zero-order valence-corrected chi connectivity index (χ0v) is 9.74. The van der Waals surface area contributed by atoms with Crippen LogP contribution in [0.2, 0.25) is 0 Å². The van der Waals surface area contributed by atoms with E-state index in [1.165, 1.54) is 0 Å². The van der Waals surface area contributed by atoms with Crippen molar-refractivity contribution in [1.82, 2.24) is 4.98 Å². The lowest BCUT2D eigenvalue weighted by Crippen LogP contribution is -2.17. The van der Waals surface area contributed by atoms with E-state index in [0.717, 1.165) is 16.3 Å². The van der Waals surface area contributed by atoms with Gasteiger partial charge in [-0.1, -0.05) is 24.3 Å². The van der Waals surface area contributed by atoms with Gasteiger partial charge in [-0.3, -0.25) is 9.78 Å². The van der Waals surface area contributed by atoms with Crippen LogP contribution in [0.4, 0.5) is 0 Å². The molecule has 2 aromatic rings. The lowest BCUT2D eigenvalue weighted by molar-refractivity contribution is -0.143. The molecule has 4 heteroatoms. The average Bonchev–Trinajstić information content (AvgIpc) is 2.87. The third-order valence-corrected chi connectivity index (χ3v) is 3.41. The van der Waals surface area contributed by atoms with Gasteiger partial charge < -0.3 is 9.84 Å². The topological polar surface area (TPSA) is 59.4 Å². The van der Waals surface area contributed by atoms with Crippen LogP contribution in [-0.4, -0.2) is 22.7 Å². The first-order valence-electron chi connectivity index (χ1n) is 5.94. The van der Waals surface area contributed by atoms with E-state index in [9.17, 15) is 9.90 Å². The Labute approximate surface area is 104 Å². The Hall–Kier alpha value is -1.94. The second-order valence-corrected chi connectivity index (χ2v) is 4.47. The van der Waals surface area contributed by atoms with E-state index in [1.54, 1.807) is 12.4 Å². The normalized spacial score (nSPS) is 23.3. The molecule has 0 amide bonds. The van der Waals surface area contributed by atoms with Gasteiger partial charge in [0.25, 0.3) is 0 Å². The van der Waals surface area contributed by atoms with Gasteiger partial charge >= 0.3 is 5.97 Å². The SMILES string of the molecule is O=C(O)C1CCOC1c1cncc2ccccc12. The number of hydrogen-bond acceptors (Lipinski definition) is 3. The maximum atomic E-state index is 11.2. The summed E-state index contributed by atoms with van der Waals surface area (Å²) in [6.07, 6.45) is 3.67. The fourth-order valence-corrected chi connectivity index (χ4v) is 2.52. The zero-order chi connectivity index (χ0) is 12.5. The highest BCUT2D eigenvalue weighted by atomic mass is 16.5. The fourth-order valence-electron chi connectivity index (χ4n) is 2.52. The van der Waals surface area contributed by atoms with Gasteiger partial charge in [-0.05, 0) is 11.8 Å². The number of fused-ring (bicyclic) bond motifs is 1. The molecule has 1 saturated heterocycles. The summed E-state index contributed by atoms with van der Waals surface area (Å²) in [7, 11) is 0. The first kappa shape index (κ1) is 11.2. The Kier molecular flexibility index (Phi) is 2.72. The number of hydrogen-bond donors (Lipinski definition) is 1. The lowest BCUT2D eigenvalue weighted by Gasteiger charge is -2.16. The first-order valence-corrected chi connectivity index (χ1v) is 5.94. The Morgan fingerprint density at radius 1 is 1.33 bits per heavy atom. The van der Waals surface area contributed by atoms with Crippen LogP contribution in [0.25, 0.3) is 10.8 Å². The van der Waals surface area contributed by atoms with Crippen molar-refractivity contribution in [2.75, 3.05) is 6.61 Å². The molecule has 2 atom stereocenters. The molecule has 4 nitrogen and oxygen atoms in total. The lowest BCUT2D eigenvalue weighted by atomic mass is 9.93. The van der Waals surface area contributed by atoms with Gasteiger partial charge in [0.15, 0.2) is 0 Å². The van der Waals surface area contributed by atoms with Gasteiger partial charge in [-0.2, -0.15) is 0 Å². The van der Waals surface area contributed by atoms with Crippen molar-refractivity contribution in [3.63, 3.8) is 0 Å². The molecule has 0 spiro atoms. The van der Waals surface area contributed by atoms with E-state index in [2.05, 4.69) is 4.98 Å². The Balaban J connectivity index is 2.11. The Morgan fingerprint density at radius 2 is 2.17 bits per heavy atom. The van der Waals surface area contributed by atoms with Crippen LogP contribution in [0.3, 0.4) is 0 Å². The minimum absolute atomic E-state index is 0.388. The predicted molar refractivity (Wildman–Crippen MR) is 66.2 cm³/mol. The molecule has 18 heavy (non-hydrogen) atoms. The van der Waals surface area contributed by atoms with Crippen LogP contribution in [-0.2, 0) is 9.53 Å². The van der Waals surface area contributed by atoms with Crippen molar-refractivity contribution in [3.05, 3.63) is 42.2 Å². The maximum Gasteiger partial charge on any atom is 0.309 e. The van der Waals surface area contributed by atoms with E-state index in [-0.39, 0.29) is 6.10 Å². The number of aromatic nitrogens is 1. The number of carboxylic acid groups (broad SMARTS) is 1. The molecule has 1 aliphatic heterocycles. The monoisotopic (exact) mass is 243 g/mol. The van der Waals surface area contributed by atoms with Crippen molar-refractivity contribution < 1.29 is 14.6 Å². The summed E-state index contributed by atoms with van der Waals surface area (Å²) < 4.78 is 5.60. The van der Waals surface area contributed by atoms with Gasteiger partial charge in [0.1, 0.15) is 0 Å². The van der Waals surface area contributed by atoms with Crippen molar-refractivity contribution in [2.24, 2.45) is 5.92 Å². The molecule has 2 heterocycles. The van der Waals surface area contributed by atoms with Crippen LogP contribution in [0.1, 0.15) is 18.1 Å². The Bertz CT molecular complexity index is 591. The zero-order valence-electron chi connectivity index (χ0n) is 9.74. The van der Waals surface area contributed by atoms with Crippen molar-refractivity contribution in [1.29, 1.82) is 0 Å². The molecule has 2 unspecified atom stereocenters. The van der Waals surface area contributed by atoms with E-state index in [1.807, 2.05) is 24.3 Å². The van der Waals surface area contributed by atoms with E-state index >= 15 is 0 Å². The minimum atomic E-state index is -0.801. The van der Waals surface area contributed by atoms with Gasteiger partial charge in [0, 0.05) is 30.0 Å². The number of rotatable bonds is 2. The van der Waals surface area contributed by atoms with Gasteiger partial charge in [0.2, 0.25) is 0 Å². The highest BCUT2D eigenvalue weighted by Gasteiger charge is 2.36.